The summed E-state index contributed by atoms with van der Waals surface area (Å²) in [5.41, 5.74) is -0.0156. The standard InChI is InChI=1S/C11H16ClN5/c1-4-5-11(2,3)16-9-6-8(12)15-10-13-7-14-17(9)10/h6-7,16H,4-5H2,1-3H3. The Bertz CT molecular complexity index is 520. The number of nitrogens with one attached hydrogen (secondary N) is 1. The van der Waals surface area contributed by atoms with E-state index in [0.29, 0.717) is 10.9 Å². The fraction of sp³-hybridized carbons (Fsp3) is 0.545. The van der Waals surface area contributed by atoms with Gasteiger partial charge < -0.3 is 5.32 Å². The van der Waals surface area contributed by atoms with Crippen molar-refractivity contribution in [2.24, 2.45) is 0 Å². The van der Waals surface area contributed by atoms with Gasteiger partial charge in [-0.1, -0.05) is 24.9 Å². The second-order valence-corrected chi connectivity index (χ2v) is 5.08. The molecule has 0 amide bonds. The van der Waals surface area contributed by atoms with Crippen LogP contribution in [0.5, 0.6) is 0 Å². The van der Waals surface area contributed by atoms with Crippen molar-refractivity contribution >= 4 is 23.2 Å². The Labute approximate surface area is 105 Å². The molecule has 0 aliphatic carbocycles. The monoisotopic (exact) mass is 253 g/mol. The van der Waals surface area contributed by atoms with Crippen LogP contribution in [0.25, 0.3) is 5.78 Å². The van der Waals surface area contributed by atoms with Crippen LogP contribution in [0.15, 0.2) is 12.4 Å². The molecule has 0 spiro atoms. The lowest BCUT2D eigenvalue weighted by atomic mass is 9.99. The van der Waals surface area contributed by atoms with Gasteiger partial charge in [0, 0.05) is 11.6 Å². The third-order valence-corrected chi connectivity index (χ3v) is 2.76. The summed E-state index contributed by atoms with van der Waals surface area (Å²) in [6, 6.07) is 1.76. The molecule has 17 heavy (non-hydrogen) atoms. The topological polar surface area (TPSA) is 55.1 Å². The van der Waals surface area contributed by atoms with Gasteiger partial charge in [-0.3, -0.25) is 0 Å². The molecule has 0 fully saturated rings. The van der Waals surface area contributed by atoms with Crippen LogP contribution in [-0.2, 0) is 0 Å². The highest BCUT2D eigenvalue weighted by Gasteiger charge is 2.18. The van der Waals surface area contributed by atoms with Gasteiger partial charge in [0.15, 0.2) is 0 Å². The minimum atomic E-state index is -0.0156. The first kappa shape index (κ1) is 12.1. The molecule has 0 bridgehead atoms. The number of hydrogen-bond donors (Lipinski definition) is 1. The third-order valence-electron chi connectivity index (χ3n) is 2.56. The van der Waals surface area contributed by atoms with Gasteiger partial charge in [0.2, 0.25) is 0 Å². The lowest BCUT2D eigenvalue weighted by molar-refractivity contribution is 0.507. The van der Waals surface area contributed by atoms with Crippen molar-refractivity contribution in [3.8, 4) is 0 Å². The van der Waals surface area contributed by atoms with Gasteiger partial charge in [-0.2, -0.15) is 19.6 Å². The summed E-state index contributed by atoms with van der Waals surface area (Å²) in [4.78, 5) is 8.12. The van der Waals surface area contributed by atoms with Gasteiger partial charge in [-0.15, -0.1) is 0 Å². The number of fused-ring (bicyclic) bond motifs is 1. The Morgan fingerprint density at radius 1 is 1.47 bits per heavy atom. The number of rotatable bonds is 4. The molecule has 2 aromatic rings. The highest BCUT2D eigenvalue weighted by atomic mass is 35.5. The summed E-state index contributed by atoms with van der Waals surface area (Å²) in [5.74, 6) is 1.32. The Hall–Kier alpha value is -1.36. The lowest BCUT2D eigenvalue weighted by Crippen LogP contribution is -2.31. The minimum absolute atomic E-state index is 0.0156. The van der Waals surface area contributed by atoms with E-state index in [9.17, 15) is 0 Å². The lowest BCUT2D eigenvalue weighted by Gasteiger charge is -2.27. The Morgan fingerprint density at radius 3 is 2.94 bits per heavy atom. The molecule has 0 radical (unpaired) electrons. The van der Waals surface area contributed by atoms with Crippen LogP contribution in [0.4, 0.5) is 5.82 Å². The molecule has 0 saturated carbocycles. The fourth-order valence-electron chi connectivity index (χ4n) is 1.91. The zero-order chi connectivity index (χ0) is 12.5. The average molecular weight is 254 g/mol. The summed E-state index contributed by atoms with van der Waals surface area (Å²) in [7, 11) is 0. The first-order chi connectivity index (χ1) is 8.02. The Kier molecular flexibility index (Phi) is 3.19. The van der Waals surface area contributed by atoms with E-state index >= 15 is 0 Å². The maximum atomic E-state index is 5.95. The molecule has 6 heteroatoms. The SMILES string of the molecule is CCCC(C)(C)Nc1cc(Cl)nc2ncnn12. The van der Waals surface area contributed by atoms with E-state index in [1.165, 1.54) is 6.33 Å². The Morgan fingerprint density at radius 2 is 2.24 bits per heavy atom. The van der Waals surface area contributed by atoms with Gasteiger partial charge in [-0.25, -0.2) is 0 Å². The largest absolute Gasteiger partial charge is 0.365 e. The number of nitrogens with zero attached hydrogens (tertiary/aromatic N) is 4. The van der Waals surface area contributed by atoms with Crippen molar-refractivity contribution in [3.05, 3.63) is 17.5 Å². The molecule has 0 saturated heterocycles. The normalized spacial score (nSPS) is 12.0. The van der Waals surface area contributed by atoms with Crippen LogP contribution in [0.2, 0.25) is 5.15 Å². The smallest absolute Gasteiger partial charge is 0.255 e. The second-order valence-electron chi connectivity index (χ2n) is 4.69. The Balaban J connectivity index is 2.37. The summed E-state index contributed by atoms with van der Waals surface area (Å²) in [6.07, 6.45) is 3.64. The number of halogens is 1. The van der Waals surface area contributed by atoms with E-state index in [4.69, 9.17) is 11.6 Å². The van der Waals surface area contributed by atoms with Gasteiger partial charge in [0.05, 0.1) is 0 Å². The minimum Gasteiger partial charge on any atom is -0.365 e. The van der Waals surface area contributed by atoms with Crippen LogP contribution in [0.3, 0.4) is 0 Å². The summed E-state index contributed by atoms with van der Waals surface area (Å²) in [6.45, 7) is 6.45. The third kappa shape index (κ3) is 2.66. The highest BCUT2D eigenvalue weighted by Crippen LogP contribution is 2.21. The van der Waals surface area contributed by atoms with E-state index < -0.39 is 0 Å². The van der Waals surface area contributed by atoms with Crippen LogP contribution < -0.4 is 5.32 Å². The number of aromatic nitrogens is 4. The molecule has 2 heterocycles. The molecule has 1 N–H and O–H groups in total. The molecular weight excluding hydrogens is 238 g/mol. The predicted octanol–water partition coefficient (Wildman–Crippen LogP) is 2.77. The van der Waals surface area contributed by atoms with Crippen molar-refractivity contribution in [2.45, 2.75) is 39.2 Å². The van der Waals surface area contributed by atoms with Crippen molar-refractivity contribution in [1.29, 1.82) is 0 Å². The maximum Gasteiger partial charge on any atom is 0.255 e. The first-order valence-electron chi connectivity index (χ1n) is 5.66. The second kappa shape index (κ2) is 4.49. The highest BCUT2D eigenvalue weighted by molar-refractivity contribution is 6.29. The van der Waals surface area contributed by atoms with Gasteiger partial charge in [-0.05, 0) is 20.3 Å². The van der Waals surface area contributed by atoms with Crippen LogP contribution in [0.1, 0.15) is 33.6 Å². The van der Waals surface area contributed by atoms with E-state index in [0.717, 1.165) is 18.7 Å². The zero-order valence-electron chi connectivity index (χ0n) is 10.2. The van der Waals surface area contributed by atoms with E-state index in [1.54, 1.807) is 10.6 Å². The summed E-state index contributed by atoms with van der Waals surface area (Å²) in [5, 5.41) is 7.97. The van der Waals surface area contributed by atoms with E-state index in [1.807, 2.05) is 0 Å². The van der Waals surface area contributed by atoms with Crippen molar-refractivity contribution in [2.75, 3.05) is 5.32 Å². The van der Waals surface area contributed by atoms with Crippen molar-refractivity contribution < 1.29 is 0 Å². The molecule has 0 aromatic carbocycles. The summed E-state index contributed by atoms with van der Waals surface area (Å²) < 4.78 is 1.66. The number of hydrogen-bond acceptors (Lipinski definition) is 4. The first-order valence-corrected chi connectivity index (χ1v) is 6.04. The summed E-state index contributed by atoms with van der Waals surface area (Å²) >= 11 is 5.95. The van der Waals surface area contributed by atoms with Gasteiger partial charge in [0.25, 0.3) is 5.78 Å². The molecule has 0 aliphatic rings. The molecule has 0 unspecified atom stereocenters. The van der Waals surface area contributed by atoms with Crippen molar-refractivity contribution in [1.82, 2.24) is 19.6 Å². The van der Waals surface area contributed by atoms with Gasteiger partial charge >= 0.3 is 0 Å². The molecule has 92 valence electrons. The van der Waals surface area contributed by atoms with E-state index in [2.05, 4.69) is 41.2 Å². The van der Waals surface area contributed by atoms with Crippen LogP contribution in [-0.4, -0.2) is 25.1 Å². The maximum absolute atomic E-state index is 5.95. The van der Waals surface area contributed by atoms with Gasteiger partial charge in [0.1, 0.15) is 17.3 Å². The molecule has 0 atom stereocenters. The van der Waals surface area contributed by atoms with Crippen LogP contribution in [0, 0.1) is 0 Å². The predicted molar refractivity (Wildman–Crippen MR) is 68.4 cm³/mol. The number of anilines is 1. The van der Waals surface area contributed by atoms with Crippen LogP contribution >= 0.6 is 11.6 Å². The molecule has 2 aromatic heterocycles. The fourth-order valence-corrected chi connectivity index (χ4v) is 2.09. The molecule has 0 aliphatic heterocycles. The average Bonchev–Trinajstić information content (AvgIpc) is 2.64. The molecule has 5 nitrogen and oxygen atoms in total. The quantitative estimate of drug-likeness (QED) is 0.852. The molecular formula is C11H16ClN5. The van der Waals surface area contributed by atoms with E-state index in [-0.39, 0.29) is 5.54 Å². The molecule has 2 rings (SSSR count). The zero-order valence-corrected chi connectivity index (χ0v) is 11.0. The van der Waals surface area contributed by atoms with Crippen molar-refractivity contribution in [3.63, 3.8) is 0 Å².